The quantitative estimate of drug-likeness (QED) is 0.750. The zero-order valence-electron chi connectivity index (χ0n) is 10.9. The number of aryl methyl sites for hydroxylation is 2. The van der Waals surface area contributed by atoms with E-state index >= 15 is 0 Å². The fourth-order valence-corrected chi connectivity index (χ4v) is 2.10. The standard InChI is InChI=1S/C12H16BrF2N3O/c1-3-10-9(6-8(2)16-17-10)12(19)18(5-4-13)7-11(14)15/h6,11H,3-5,7H2,1-2H3. The molecule has 0 saturated carbocycles. The number of hydrogen-bond donors (Lipinski definition) is 0. The Labute approximate surface area is 119 Å². The van der Waals surface area contributed by atoms with Crippen LogP contribution >= 0.6 is 15.9 Å². The average molecular weight is 336 g/mol. The second-order valence-electron chi connectivity index (χ2n) is 4.03. The van der Waals surface area contributed by atoms with E-state index in [1.54, 1.807) is 13.0 Å². The minimum Gasteiger partial charge on any atom is -0.332 e. The van der Waals surface area contributed by atoms with Crippen molar-refractivity contribution in [3.8, 4) is 0 Å². The monoisotopic (exact) mass is 335 g/mol. The van der Waals surface area contributed by atoms with Crippen LogP contribution in [0.2, 0.25) is 0 Å². The summed E-state index contributed by atoms with van der Waals surface area (Å²) in [5.74, 6) is -0.422. The van der Waals surface area contributed by atoms with Gasteiger partial charge in [-0.05, 0) is 19.4 Å². The highest BCUT2D eigenvalue weighted by Crippen LogP contribution is 2.12. The van der Waals surface area contributed by atoms with Crippen molar-refractivity contribution < 1.29 is 13.6 Å². The van der Waals surface area contributed by atoms with Gasteiger partial charge < -0.3 is 4.90 Å². The molecule has 0 radical (unpaired) electrons. The predicted octanol–water partition coefficient (Wildman–Crippen LogP) is 2.45. The number of amides is 1. The molecule has 0 N–H and O–H groups in total. The van der Waals surface area contributed by atoms with Crippen molar-refractivity contribution in [3.63, 3.8) is 0 Å². The van der Waals surface area contributed by atoms with Crippen LogP contribution in [0.4, 0.5) is 8.78 Å². The maximum Gasteiger partial charge on any atom is 0.256 e. The minimum absolute atomic E-state index is 0.230. The van der Waals surface area contributed by atoms with Crippen molar-refractivity contribution in [3.05, 3.63) is 23.0 Å². The van der Waals surface area contributed by atoms with Crippen LogP contribution in [0.25, 0.3) is 0 Å². The highest BCUT2D eigenvalue weighted by atomic mass is 79.9. The highest BCUT2D eigenvalue weighted by Gasteiger charge is 2.22. The van der Waals surface area contributed by atoms with E-state index in [0.717, 1.165) is 4.90 Å². The Hall–Kier alpha value is -1.11. The van der Waals surface area contributed by atoms with Gasteiger partial charge in [-0.15, -0.1) is 0 Å². The Balaban J connectivity index is 3.04. The molecule has 0 aliphatic carbocycles. The van der Waals surface area contributed by atoms with E-state index in [4.69, 9.17) is 0 Å². The molecule has 0 aliphatic rings. The first kappa shape index (κ1) is 15.9. The van der Waals surface area contributed by atoms with Gasteiger partial charge in [0, 0.05) is 11.9 Å². The lowest BCUT2D eigenvalue weighted by molar-refractivity contribution is 0.0571. The molecule has 0 unspecified atom stereocenters. The fourth-order valence-electron chi connectivity index (χ4n) is 1.68. The van der Waals surface area contributed by atoms with Gasteiger partial charge in [-0.1, -0.05) is 22.9 Å². The van der Waals surface area contributed by atoms with Crippen LogP contribution in [0.1, 0.15) is 28.7 Å². The Bertz CT molecular complexity index is 443. The van der Waals surface area contributed by atoms with E-state index in [2.05, 4.69) is 26.1 Å². The molecule has 0 saturated heterocycles. The van der Waals surface area contributed by atoms with Gasteiger partial charge in [0.05, 0.1) is 23.5 Å². The number of rotatable bonds is 6. The number of halogens is 3. The summed E-state index contributed by atoms with van der Waals surface area (Å²) in [5.41, 5.74) is 1.48. The first-order valence-electron chi connectivity index (χ1n) is 5.96. The summed E-state index contributed by atoms with van der Waals surface area (Å²) in [6.07, 6.45) is -2.02. The number of carbonyl (C=O) groups is 1. The Morgan fingerprint density at radius 2 is 2.16 bits per heavy atom. The van der Waals surface area contributed by atoms with Crippen molar-refractivity contribution in [2.75, 3.05) is 18.4 Å². The van der Waals surface area contributed by atoms with Crippen LogP contribution in [0.5, 0.6) is 0 Å². The van der Waals surface area contributed by atoms with Gasteiger partial charge >= 0.3 is 0 Å². The molecular formula is C12H16BrF2N3O. The van der Waals surface area contributed by atoms with Crippen molar-refractivity contribution in [1.82, 2.24) is 15.1 Å². The molecule has 0 atom stereocenters. The van der Waals surface area contributed by atoms with Gasteiger partial charge in [-0.25, -0.2) is 8.78 Å². The number of alkyl halides is 3. The zero-order chi connectivity index (χ0) is 14.4. The summed E-state index contributed by atoms with van der Waals surface area (Å²) in [7, 11) is 0. The third kappa shape index (κ3) is 4.49. The van der Waals surface area contributed by atoms with E-state index < -0.39 is 18.9 Å². The molecule has 1 amide bonds. The lowest BCUT2D eigenvalue weighted by Crippen LogP contribution is -2.37. The van der Waals surface area contributed by atoms with Crippen LogP contribution < -0.4 is 0 Å². The van der Waals surface area contributed by atoms with Crippen LogP contribution in [0.15, 0.2) is 6.07 Å². The molecule has 1 rings (SSSR count). The summed E-state index contributed by atoms with van der Waals surface area (Å²) in [4.78, 5) is 13.4. The Morgan fingerprint density at radius 3 is 2.68 bits per heavy atom. The van der Waals surface area contributed by atoms with Crippen molar-refractivity contribution in [1.29, 1.82) is 0 Å². The second kappa shape index (κ2) is 7.47. The normalized spacial score (nSPS) is 10.8. The Kier molecular flexibility index (Phi) is 6.27. The van der Waals surface area contributed by atoms with Gasteiger partial charge in [0.1, 0.15) is 0 Å². The summed E-state index contributed by atoms with van der Waals surface area (Å²) in [6.45, 7) is 3.21. The fraction of sp³-hybridized carbons (Fsp3) is 0.583. The van der Waals surface area contributed by atoms with Crippen LogP contribution in [-0.4, -0.2) is 45.8 Å². The largest absolute Gasteiger partial charge is 0.332 e. The Morgan fingerprint density at radius 1 is 1.47 bits per heavy atom. The second-order valence-corrected chi connectivity index (χ2v) is 4.82. The molecule has 106 valence electrons. The average Bonchev–Trinajstić information content (AvgIpc) is 2.37. The molecule has 7 heteroatoms. The van der Waals surface area contributed by atoms with Gasteiger partial charge in [0.15, 0.2) is 0 Å². The van der Waals surface area contributed by atoms with Gasteiger partial charge in [-0.2, -0.15) is 10.2 Å². The SMILES string of the molecule is CCc1nnc(C)cc1C(=O)N(CCBr)CC(F)F. The molecule has 19 heavy (non-hydrogen) atoms. The smallest absolute Gasteiger partial charge is 0.256 e. The zero-order valence-corrected chi connectivity index (χ0v) is 12.5. The molecular weight excluding hydrogens is 320 g/mol. The number of carbonyl (C=O) groups excluding carboxylic acids is 1. The third-order valence-electron chi connectivity index (χ3n) is 2.56. The molecule has 1 aromatic rings. The van der Waals surface area contributed by atoms with E-state index in [1.807, 2.05) is 6.92 Å². The van der Waals surface area contributed by atoms with E-state index in [1.165, 1.54) is 0 Å². The summed E-state index contributed by atoms with van der Waals surface area (Å²) in [6, 6.07) is 1.60. The molecule has 0 bridgehead atoms. The summed E-state index contributed by atoms with van der Waals surface area (Å²) < 4.78 is 25.0. The highest BCUT2D eigenvalue weighted by molar-refractivity contribution is 9.09. The number of hydrogen-bond acceptors (Lipinski definition) is 3. The molecule has 0 aliphatic heterocycles. The van der Waals surface area contributed by atoms with E-state index in [0.29, 0.717) is 28.7 Å². The molecule has 0 fully saturated rings. The van der Waals surface area contributed by atoms with Crippen molar-refractivity contribution in [2.24, 2.45) is 0 Å². The first-order chi connectivity index (χ1) is 8.99. The lowest BCUT2D eigenvalue weighted by Gasteiger charge is -2.22. The van der Waals surface area contributed by atoms with Crippen LogP contribution in [0.3, 0.4) is 0 Å². The van der Waals surface area contributed by atoms with Gasteiger partial charge in [0.25, 0.3) is 12.3 Å². The topological polar surface area (TPSA) is 46.1 Å². The summed E-state index contributed by atoms with van der Waals surface area (Å²) in [5, 5.41) is 8.27. The maximum absolute atomic E-state index is 12.5. The summed E-state index contributed by atoms with van der Waals surface area (Å²) >= 11 is 3.16. The number of aromatic nitrogens is 2. The molecule has 0 spiro atoms. The molecule has 4 nitrogen and oxygen atoms in total. The van der Waals surface area contributed by atoms with Gasteiger partial charge in [0.2, 0.25) is 0 Å². The molecule has 0 aromatic carbocycles. The van der Waals surface area contributed by atoms with Crippen molar-refractivity contribution in [2.45, 2.75) is 26.7 Å². The van der Waals surface area contributed by atoms with E-state index in [-0.39, 0.29) is 6.54 Å². The number of nitrogens with zero attached hydrogens (tertiary/aromatic N) is 3. The van der Waals surface area contributed by atoms with Crippen LogP contribution in [0, 0.1) is 6.92 Å². The van der Waals surface area contributed by atoms with Gasteiger partial charge in [-0.3, -0.25) is 4.79 Å². The minimum atomic E-state index is -2.55. The van der Waals surface area contributed by atoms with Crippen molar-refractivity contribution >= 4 is 21.8 Å². The van der Waals surface area contributed by atoms with Crippen LogP contribution in [-0.2, 0) is 6.42 Å². The molecule has 1 aromatic heterocycles. The maximum atomic E-state index is 12.5. The third-order valence-corrected chi connectivity index (χ3v) is 2.91. The molecule has 1 heterocycles. The van der Waals surface area contributed by atoms with E-state index in [9.17, 15) is 13.6 Å². The first-order valence-corrected chi connectivity index (χ1v) is 7.08. The lowest BCUT2D eigenvalue weighted by atomic mass is 10.1. The predicted molar refractivity (Wildman–Crippen MR) is 71.8 cm³/mol.